The molecule has 1 aliphatic rings. The van der Waals surface area contributed by atoms with Crippen LogP contribution in [0.25, 0.3) is 0 Å². The second-order valence-corrected chi connectivity index (χ2v) is 6.83. The van der Waals surface area contributed by atoms with Gasteiger partial charge in [0.05, 0.1) is 14.2 Å². The van der Waals surface area contributed by atoms with Gasteiger partial charge in [0.1, 0.15) is 11.5 Å². The van der Waals surface area contributed by atoms with Crippen LogP contribution in [0.3, 0.4) is 0 Å². The molecule has 1 aromatic carbocycles. The maximum absolute atomic E-state index is 5.39. The number of hydrogen-bond donors (Lipinski definition) is 1. The fourth-order valence-electron chi connectivity index (χ4n) is 3.62. The van der Waals surface area contributed by atoms with Gasteiger partial charge in [-0.05, 0) is 41.5 Å². The molecule has 1 aromatic rings. The van der Waals surface area contributed by atoms with Gasteiger partial charge in [-0.25, -0.2) is 0 Å². The van der Waals surface area contributed by atoms with Crippen LogP contribution in [0, 0.1) is 16.7 Å². The SMILES string of the molecule is CNC(c1cc(OC)cc(OC)c1)C1C(C)(C)C1(C)C. The minimum Gasteiger partial charge on any atom is -0.497 e. The zero-order valence-electron chi connectivity index (χ0n) is 13.7. The minimum atomic E-state index is 0.309. The first kappa shape index (κ1) is 15.2. The molecular weight excluding hydrogens is 250 g/mol. The summed E-state index contributed by atoms with van der Waals surface area (Å²) in [5.41, 5.74) is 1.89. The van der Waals surface area contributed by atoms with Crippen molar-refractivity contribution in [2.75, 3.05) is 21.3 Å². The van der Waals surface area contributed by atoms with Crippen LogP contribution in [0.15, 0.2) is 18.2 Å². The topological polar surface area (TPSA) is 30.5 Å². The van der Waals surface area contributed by atoms with Crippen LogP contribution >= 0.6 is 0 Å². The molecule has 1 aliphatic carbocycles. The van der Waals surface area contributed by atoms with Crippen molar-refractivity contribution < 1.29 is 9.47 Å². The molecule has 0 aromatic heterocycles. The minimum absolute atomic E-state index is 0.309. The molecule has 1 saturated carbocycles. The fourth-order valence-corrected chi connectivity index (χ4v) is 3.62. The molecule has 0 bridgehead atoms. The Labute approximate surface area is 122 Å². The standard InChI is InChI=1S/C17H27NO2/c1-16(2)15(17(16,3)4)14(18-5)11-8-12(19-6)10-13(9-11)20-7/h8-10,14-15,18H,1-7H3. The van der Waals surface area contributed by atoms with E-state index in [1.807, 2.05) is 13.1 Å². The van der Waals surface area contributed by atoms with E-state index in [0.717, 1.165) is 11.5 Å². The highest BCUT2D eigenvalue weighted by Crippen LogP contribution is 2.72. The highest BCUT2D eigenvalue weighted by atomic mass is 16.5. The Balaban J connectivity index is 2.38. The first-order chi connectivity index (χ1) is 9.29. The summed E-state index contributed by atoms with van der Waals surface area (Å²) in [6, 6.07) is 6.44. The van der Waals surface area contributed by atoms with Gasteiger partial charge in [-0.2, -0.15) is 0 Å². The molecule has 0 heterocycles. The maximum Gasteiger partial charge on any atom is 0.122 e. The molecule has 0 radical (unpaired) electrons. The molecule has 112 valence electrons. The van der Waals surface area contributed by atoms with Gasteiger partial charge >= 0.3 is 0 Å². The van der Waals surface area contributed by atoms with Gasteiger partial charge in [-0.1, -0.05) is 27.7 Å². The first-order valence-electron chi connectivity index (χ1n) is 7.19. The normalized spacial score (nSPS) is 21.4. The van der Waals surface area contributed by atoms with Crippen LogP contribution in [0.1, 0.15) is 39.3 Å². The molecular formula is C17H27NO2. The molecule has 0 spiro atoms. The second kappa shape index (κ2) is 4.96. The van der Waals surface area contributed by atoms with Crippen molar-refractivity contribution in [1.29, 1.82) is 0 Å². The molecule has 0 saturated heterocycles. The number of methoxy groups -OCH3 is 2. The maximum atomic E-state index is 5.39. The molecule has 1 fully saturated rings. The number of ether oxygens (including phenoxy) is 2. The molecule has 0 amide bonds. The molecule has 0 aliphatic heterocycles. The van der Waals surface area contributed by atoms with Crippen LogP contribution in [0.2, 0.25) is 0 Å². The molecule has 20 heavy (non-hydrogen) atoms. The lowest BCUT2D eigenvalue weighted by atomic mass is 9.96. The summed E-state index contributed by atoms with van der Waals surface area (Å²) in [5.74, 6) is 2.28. The summed E-state index contributed by atoms with van der Waals surface area (Å²) in [5, 5.41) is 3.48. The van der Waals surface area contributed by atoms with E-state index in [-0.39, 0.29) is 0 Å². The van der Waals surface area contributed by atoms with E-state index in [2.05, 4.69) is 45.1 Å². The monoisotopic (exact) mass is 277 g/mol. The zero-order chi connectivity index (χ0) is 15.1. The molecule has 1 N–H and O–H groups in total. The van der Waals surface area contributed by atoms with E-state index in [4.69, 9.17) is 9.47 Å². The van der Waals surface area contributed by atoms with Gasteiger partial charge in [0, 0.05) is 12.1 Å². The number of hydrogen-bond acceptors (Lipinski definition) is 3. The van der Waals surface area contributed by atoms with E-state index in [9.17, 15) is 0 Å². The third-order valence-electron chi connectivity index (χ3n) is 5.51. The zero-order valence-corrected chi connectivity index (χ0v) is 13.7. The van der Waals surface area contributed by atoms with E-state index in [0.29, 0.717) is 22.8 Å². The fraction of sp³-hybridized carbons (Fsp3) is 0.647. The third kappa shape index (κ3) is 2.18. The van der Waals surface area contributed by atoms with E-state index < -0.39 is 0 Å². The smallest absolute Gasteiger partial charge is 0.122 e. The summed E-state index contributed by atoms with van der Waals surface area (Å²) < 4.78 is 10.8. The lowest BCUT2D eigenvalue weighted by Crippen LogP contribution is -2.21. The second-order valence-electron chi connectivity index (χ2n) is 6.83. The molecule has 1 unspecified atom stereocenters. The molecule has 3 nitrogen and oxygen atoms in total. The van der Waals surface area contributed by atoms with Crippen molar-refractivity contribution in [1.82, 2.24) is 5.32 Å². The Kier molecular flexibility index (Phi) is 3.76. The Morgan fingerprint density at radius 1 is 0.950 bits per heavy atom. The van der Waals surface area contributed by atoms with Gasteiger partial charge in [0.25, 0.3) is 0 Å². The summed E-state index contributed by atoms with van der Waals surface area (Å²) in [6.45, 7) is 9.39. The summed E-state index contributed by atoms with van der Waals surface area (Å²) >= 11 is 0. The average molecular weight is 277 g/mol. The van der Waals surface area contributed by atoms with Crippen molar-refractivity contribution in [3.05, 3.63) is 23.8 Å². The van der Waals surface area contributed by atoms with E-state index in [1.165, 1.54) is 5.56 Å². The van der Waals surface area contributed by atoms with Gasteiger partial charge < -0.3 is 14.8 Å². The summed E-state index contributed by atoms with van der Waals surface area (Å²) in [6.07, 6.45) is 0. The molecule has 3 heteroatoms. The Morgan fingerprint density at radius 2 is 1.40 bits per heavy atom. The number of nitrogens with one attached hydrogen (secondary N) is 1. The molecule has 1 atom stereocenters. The lowest BCUT2D eigenvalue weighted by molar-refractivity contribution is 0.386. The predicted octanol–water partition coefficient (Wildman–Crippen LogP) is 3.65. The van der Waals surface area contributed by atoms with Crippen molar-refractivity contribution in [2.45, 2.75) is 33.7 Å². The first-order valence-corrected chi connectivity index (χ1v) is 7.19. The van der Waals surface area contributed by atoms with Crippen LogP contribution in [-0.2, 0) is 0 Å². The van der Waals surface area contributed by atoms with Crippen molar-refractivity contribution >= 4 is 0 Å². The van der Waals surface area contributed by atoms with E-state index >= 15 is 0 Å². The summed E-state index contributed by atoms with van der Waals surface area (Å²) in [4.78, 5) is 0. The van der Waals surface area contributed by atoms with Crippen LogP contribution in [-0.4, -0.2) is 21.3 Å². The van der Waals surface area contributed by atoms with Crippen LogP contribution in [0.4, 0.5) is 0 Å². The van der Waals surface area contributed by atoms with Gasteiger partial charge in [0.2, 0.25) is 0 Å². The highest BCUT2D eigenvalue weighted by molar-refractivity contribution is 5.41. The van der Waals surface area contributed by atoms with Crippen LogP contribution < -0.4 is 14.8 Å². The largest absolute Gasteiger partial charge is 0.497 e. The van der Waals surface area contributed by atoms with Crippen LogP contribution in [0.5, 0.6) is 11.5 Å². The van der Waals surface area contributed by atoms with Crippen molar-refractivity contribution in [3.63, 3.8) is 0 Å². The van der Waals surface area contributed by atoms with Crippen molar-refractivity contribution in [3.8, 4) is 11.5 Å². The van der Waals surface area contributed by atoms with E-state index in [1.54, 1.807) is 14.2 Å². The Morgan fingerprint density at radius 3 is 1.70 bits per heavy atom. The predicted molar refractivity (Wildman–Crippen MR) is 82.4 cm³/mol. The Bertz CT molecular complexity index is 458. The Hall–Kier alpha value is -1.22. The van der Waals surface area contributed by atoms with Gasteiger partial charge in [0.15, 0.2) is 0 Å². The van der Waals surface area contributed by atoms with Gasteiger partial charge in [-0.3, -0.25) is 0 Å². The quantitative estimate of drug-likeness (QED) is 0.891. The summed E-state index contributed by atoms with van der Waals surface area (Å²) in [7, 11) is 5.41. The van der Waals surface area contributed by atoms with Gasteiger partial charge in [-0.15, -0.1) is 0 Å². The average Bonchev–Trinajstić information content (AvgIpc) is 2.82. The highest BCUT2D eigenvalue weighted by Gasteiger charge is 2.67. The van der Waals surface area contributed by atoms with Crippen molar-refractivity contribution in [2.24, 2.45) is 16.7 Å². The number of benzene rings is 1. The molecule has 2 rings (SSSR count). The number of rotatable bonds is 5. The third-order valence-corrected chi connectivity index (χ3v) is 5.51. The lowest BCUT2D eigenvalue weighted by Gasteiger charge is -2.20.